The third-order valence-electron chi connectivity index (χ3n) is 3.06. The molecule has 6 heteroatoms. The van der Waals surface area contributed by atoms with Gasteiger partial charge in [0.05, 0.1) is 10.4 Å². The molecule has 92 valence electrons. The average molecular weight is 300 g/mol. The van der Waals surface area contributed by atoms with E-state index in [0.29, 0.717) is 12.2 Å². The first kappa shape index (κ1) is 12.4. The first-order valence-electron chi connectivity index (χ1n) is 5.57. The van der Waals surface area contributed by atoms with Gasteiger partial charge in [-0.15, -0.1) is 0 Å². The minimum Gasteiger partial charge on any atom is -0.481 e. The lowest BCUT2D eigenvalue weighted by Gasteiger charge is -2.17. The van der Waals surface area contributed by atoms with Crippen LogP contribution in [-0.2, 0) is 11.2 Å². The molecule has 0 bridgehead atoms. The van der Waals surface area contributed by atoms with Crippen LogP contribution >= 0.6 is 15.9 Å². The standard InChI is InChI=1S/C11H14BrN3O2/c12-8-5-14-10(15-6-8)3-9(11(16)17)7-1-2-13-4-7/h5-7,9,13H,1-4H2,(H,16,17)/t7-,9-/m0/s1. The van der Waals surface area contributed by atoms with E-state index in [0.717, 1.165) is 24.0 Å². The zero-order valence-corrected chi connectivity index (χ0v) is 10.9. The van der Waals surface area contributed by atoms with Crippen molar-refractivity contribution in [3.8, 4) is 0 Å². The number of aliphatic carboxylic acids is 1. The van der Waals surface area contributed by atoms with E-state index < -0.39 is 11.9 Å². The number of carbonyl (C=O) groups is 1. The van der Waals surface area contributed by atoms with E-state index >= 15 is 0 Å². The Morgan fingerprint density at radius 2 is 2.29 bits per heavy atom. The molecular weight excluding hydrogens is 286 g/mol. The third-order valence-corrected chi connectivity index (χ3v) is 3.47. The fourth-order valence-corrected chi connectivity index (χ4v) is 2.32. The van der Waals surface area contributed by atoms with Crippen molar-refractivity contribution in [3.05, 3.63) is 22.7 Å². The molecule has 5 nitrogen and oxygen atoms in total. The van der Waals surface area contributed by atoms with E-state index in [-0.39, 0.29) is 5.92 Å². The fraction of sp³-hybridized carbons (Fsp3) is 0.545. The molecule has 0 spiro atoms. The molecule has 2 N–H and O–H groups in total. The number of aromatic nitrogens is 2. The minimum absolute atomic E-state index is 0.180. The summed E-state index contributed by atoms with van der Waals surface area (Å²) in [5, 5.41) is 12.4. The first-order valence-corrected chi connectivity index (χ1v) is 6.36. The second-order valence-corrected chi connectivity index (χ2v) is 5.13. The van der Waals surface area contributed by atoms with Gasteiger partial charge >= 0.3 is 5.97 Å². The van der Waals surface area contributed by atoms with Gasteiger partial charge in [0.1, 0.15) is 5.82 Å². The summed E-state index contributed by atoms with van der Waals surface area (Å²) in [5.41, 5.74) is 0. The second kappa shape index (κ2) is 5.55. The van der Waals surface area contributed by atoms with Gasteiger partial charge in [0.2, 0.25) is 0 Å². The van der Waals surface area contributed by atoms with Gasteiger partial charge in [0.25, 0.3) is 0 Å². The highest BCUT2D eigenvalue weighted by Crippen LogP contribution is 2.22. The van der Waals surface area contributed by atoms with Crippen molar-refractivity contribution in [1.82, 2.24) is 15.3 Å². The van der Waals surface area contributed by atoms with Gasteiger partial charge in [0.15, 0.2) is 0 Å². The lowest BCUT2D eigenvalue weighted by Crippen LogP contribution is -2.28. The molecule has 1 aromatic heterocycles. The summed E-state index contributed by atoms with van der Waals surface area (Å²) in [6.45, 7) is 1.67. The molecule has 2 heterocycles. The van der Waals surface area contributed by atoms with E-state index in [1.807, 2.05) is 0 Å². The molecule has 0 aromatic carbocycles. The molecule has 0 unspecified atom stereocenters. The van der Waals surface area contributed by atoms with Crippen LogP contribution in [0.3, 0.4) is 0 Å². The van der Waals surface area contributed by atoms with Crippen molar-refractivity contribution >= 4 is 21.9 Å². The smallest absolute Gasteiger partial charge is 0.307 e. The van der Waals surface area contributed by atoms with Crippen LogP contribution in [0.5, 0.6) is 0 Å². The summed E-state index contributed by atoms with van der Waals surface area (Å²) in [4.78, 5) is 19.5. The number of hydrogen-bond acceptors (Lipinski definition) is 4. The van der Waals surface area contributed by atoms with Crippen molar-refractivity contribution < 1.29 is 9.90 Å². The van der Waals surface area contributed by atoms with E-state index in [1.54, 1.807) is 12.4 Å². The summed E-state index contributed by atoms with van der Waals surface area (Å²) in [6.07, 6.45) is 4.60. The minimum atomic E-state index is -0.759. The number of halogens is 1. The number of rotatable bonds is 4. The van der Waals surface area contributed by atoms with Gasteiger partial charge in [-0.3, -0.25) is 4.79 Å². The summed E-state index contributed by atoms with van der Waals surface area (Å²) in [5.74, 6) is -0.386. The molecule has 0 saturated carbocycles. The maximum absolute atomic E-state index is 11.3. The molecule has 0 aliphatic carbocycles. The maximum Gasteiger partial charge on any atom is 0.307 e. The Labute approximate surface area is 108 Å². The predicted octanol–water partition coefficient (Wildman–Crippen LogP) is 1.09. The van der Waals surface area contributed by atoms with Gasteiger partial charge in [-0.2, -0.15) is 0 Å². The van der Waals surface area contributed by atoms with Crippen LogP contribution in [0.25, 0.3) is 0 Å². The van der Waals surface area contributed by atoms with Crippen molar-refractivity contribution in [2.24, 2.45) is 11.8 Å². The Morgan fingerprint density at radius 3 is 2.82 bits per heavy atom. The summed E-state index contributed by atoms with van der Waals surface area (Å²) >= 11 is 3.26. The molecule has 1 aromatic rings. The Balaban J connectivity index is 2.06. The molecule has 1 saturated heterocycles. The summed E-state index contributed by atoms with van der Waals surface area (Å²) in [7, 11) is 0. The molecule has 17 heavy (non-hydrogen) atoms. The van der Waals surface area contributed by atoms with Gasteiger partial charge in [-0.05, 0) is 41.4 Å². The lowest BCUT2D eigenvalue weighted by molar-refractivity contribution is -0.143. The first-order chi connectivity index (χ1) is 8.16. The second-order valence-electron chi connectivity index (χ2n) is 4.22. The highest BCUT2D eigenvalue weighted by atomic mass is 79.9. The number of nitrogens with zero attached hydrogens (tertiary/aromatic N) is 2. The van der Waals surface area contributed by atoms with Crippen LogP contribution in [0.4, 0.5) is 0 Å². The van der Waals surface area contributed by atoms with Crippen LogP contribution in [0, 0.1) is 11.8 Å². The molecule has 1 aliphatic heterocycles. The zero-order chi connectivity index (χ0) is 12.3. The third kappa shape index (κ3) is 3.23. The van der Waals surface area contributed by atoms with E-state index in [9.17, 15) is 9.90 Å². The van der Waals surface area contributed by atoms with Gasteiger partial charge < -0.3 is 10.4 Å². The van der Waals surface area contributed by atoms with Crippen LogP contribution in [0.2, 0.25) is 0 Å². The lowest BCUT2D eigenvalue weighted by atomic mass is 9.88. The van der Waals surface area contributed by atoms with Crippen LogP contribution < -0.4 is 5.32 Å². The predicted molar refractivity (Wildman–Crippen MR) is 65.5 cm³/mol. The van der Waals surface area contributed by atoms with Crippen molar-refractivity contribution in [1.29, 1.82) is 0 Å². The Kier molecular flexibility index (Phi) is 4.06. The quantitative estimate of drug-likeness (QED) is 0.870. The largest absolute Gasteiger partial charge is 0.481 e. The van der Waals surface area contributed by atoms with Crippen LogP contribution in [-0.4, -0.2) is 34.1 Å². The number of carboxylic acids is 1. The highest BCUT2D eigenvalue weighted by Gasteiger charge is 2.31. The van der Waals surface area contributed by atoms with Gasteiger partial charge in [-0.1, -0.05) is 0 Å². The molecule has 1 fully saturated rings. The number of nitrogens with one attached hydrogen (secondary N) is 1. The Hall–Kier alpha value is -1.01. The van der Waals surface area contributed by atoms with Crippen molar-refractivity contribution in [2.75, 3.05) is 13.1 Å². The molecule has 0 amide bonds. The molecular formula is C11H14BrN3O2. The normalized spacial score (nSPS) is 21.4. The molecule has 0 radical (unpaired) electrons. The Bertz CT molecular complexity index is 390. The number of hydrogen-bond donors (Lipinski definition) is 2. The van der Waals surface area contributed by atoms with Gasteiger partial charge in [0, 0.05) is 18.8 Å². The van der Waals surface area contributed by atoms with E-state index in [1.165, 1.54) is 0 Å². The van der Waals surface area contributed by atoms with E-state index in [2.05, 4.69) is 31.2 Å². The molecule has 2 rings (SSSR count). The number of carboxylic acid groups (broad SMARTS) is 1. The molecule has 2 atom stereocenters. The van der Waals surface area contributed by atoms with Crippen LogP contribution in [0.15, 0.2) is 16.9 Å². The van der Waals surface area contributed by atoms with Crippen molar-refractivity contribution in [2.45, 2.75) is 12.8 Å². The highest BCUT2D eigenvalue weighted by molar-refractivity contribution is 9.10. The van der Waals surface area contributed by atoms with Gasteiger partial charge in [-0.25, -0.2) is 9.97 Å². The molecule has 1 aliphatic rings. The maximum atomic E-state index is 11.3. The van der Waals surface area contributed by atoms with E-state index in [4.69, 9.17) is 0 Å². The monoisotopic (exact) mass is 299 g/mol. The van der Waals surface area contributed by atoms with Crippen LogP contribution in [0.1, 0.15) is 12.2 Å². The topological polar surface area (TPSA) is 75.1 Å². The fourth-order valence-electron chi connectivity index (χ4n) is 2.12. The SMILES string of the molecule is O=C(O)[C@@H](Cc1ncc(Br)cn1)[C@H]1CCNC1. The zero-order valence-electron chi connectivity index (χ0n) is 9.27. The summed E-state index contributed by atoms with van der Waals surface area (Å²) < 4.78 is 0.802. The van der Waals surface area contributed by atoms with Crippen molar-refractivity contribution in [3.63, 3.8) is 0 Å². The average Bonchev–Trinajstić information content (AvgIpc) is 2.81. The Morgan fingerprint density at radius 1 is 1.59 bits per heavy atom. The summed E-state index contributed by atoms with van der Waals surface area (Å²) in [6, 6.07) is 0.